The van der Waals surface area contributed by atoms with E-state index in [-0.39, 0.29) is 28.0 Å². The number of ether oxygens (including phenoxy) is 2. The Morgan fingerprint density at radius 3 is 2.61 bits per heavy atom. The van der Waals surface area contributed by atoms with Gasteiger partial charge in [-0.2, -0.15) is 5.10 Å². The van der Waals surface area contributed by atoms with Gasteiger partial charge in [0.15, 0.2) is 17.3 Å². The molecule has 0 fully saturated rings. The molecule has 0 atom stereocenters. The Balaban J connectivity index is 1.52. The lowest BCUT2D eigenvalue weighted by Crippen LogP contribution is -2.12. The van der Waals surface area contributed by atoms with Gasteiger partial charge in [0.2, 0.25) is 5.75 Å². The fourth-order valence-electron chi connectivity index (χ4n) is 2.93. The number of amides is 1. The van der Waals surface area contributed by atoms with Gasteiger partial charge in [0.25, 0.3) is 5.91 Å². The zero-order chi connectivity index (χ0) is 23.4. The van der Waals surface area contributed by atoms with E-state index >= 15 is 0 Å². The molecule has 1 N–H and O–H groups in total. The summed E-state index contributed by atoms with van der Waals surface area (Å²) in [6, 6.07) is 13.7. The molecule has 0 aliphatic rings. The molecule has 0 saturated carbocycles. The summed E-state index contributed by atoms with van der Waals surface area (Å²) in [7, 11) is 1.40. The first-order valence-electron chi connectivity index (χ1n) is 9.52. The highest BCUT2D eigenvalue weighted by Crippen LogP contribution is 2.38. The average molecular weight is 466 g/mol. The number of carbonyl (C=O) groups is 1. The zero-order valence-corrected chi connectivity index (χ0v) is 17.9. The van der Waals surface area contributed by atoms with Gasteiger partial charge in [-0.1, -0.05) is 11.6 Å². The molecule has 166 valence electrons. The first-order valence-corrected chi connectivity index (χ1v) is 9.89. The fourth-order valence-corrected chi connectivity index (χ4v) is 3.10. The van der Waals surface area contributed by atoms with Crippen LogP contribution in [0.4, 0.5) is 11.4 Å². The molecule has 0 unspecified atom stereocenters. The maximum atomic E-state index is 12.7. The first kappa shape index (κ1) is 21.8. The number of nitrogens with one attached hydrogen (secondary N) is 1. The summed E-state index contributed by atoms with van der Waals surface area (Å²) in [6.07, 6.45) is 4.92. The molecule has 0 bridgehead atoms. The molecular formula is C22H16ClN5O5. The quantitative estimate of drug-likeness (QED) is 0.305. The monoisotopic (exact) mass is 465 g/mol. The SMILES string of the molecule is COc1cc(C(=O)Nc2ccc(-n3cccn3)nc2)ccc1Oc1ccc(Cl)cc1[N+](=O)[O-]. The van der Waals surface area contributed by atoms with Crippen LogP contribution in [-0.2, 0) is 0 Å². The molecule has 33 heavy (non-hydrogen) atoms. The van der Waals surface area contributed by atoms with Crippen LogP contribution in [0.15, 0.2) is 73.2 Å². The highest BCUT2D eigenvalue weighted by atomic mass is 35.5. The summed E-state index contributed by atoms with van der Waals surface area (Å²) in [5.74, 6) is 0.621. The Kier molecular flexibility index (Phi) is 6.18. The van der Waals surface area contributed by atoms with Crippen LogP contribution >= 0.6 is 11.6 Å². The molecule has 1 amide bonds. The molecule has 10 nitrogen and oxygen atoms in total. The lowest BCUT2D eigenvalue weighted by Gasteiger charge is -2.12. The standard InChI is InChI=1S/C22H16ClN5O5/c1-32-20-11-14(3-6-19(20)33-18-7-4-15(23)12-17(18)28(30)31)22(29)26-16-5-8-21(24-13-16)27-10-2-9-25-27/h2-13H,1H3,(H,26,29). The number of nitro benzene ring substituents is 1. The van der Waals surface area contributed by atoms with E-state index in [1.54, 1.807) is 35.3 Å². The van der Waals surface area contributed by atoms with Gasteiger partial charge < -0.3 is 14.8 Å². The predicted octanol–water partition coefficient (Wildman–Crippen LogP) is 4.88. The largest absolute Gasteiger partial charge is 0.493 e. The second kappa shape index (κ2) is 9.37. The van der Waals surface area contributed by atoms with E-state index in [9.17, 15) is 14.9 Å². The lowest BCUT2D eigenvalue weighted by molar-refractivity contribution is -0.385. The third-order valence-electron chi connectivity index (χ3n) is 4.51. The smallest absolute Gasteiger partial charge is 0.313 e. The number of nitrogens with zero attached hydrogens (tertiary/aromatic N) is 4. The van der Waals surface area contributed by atoms with Crippen molar-refractivity contribution in [2.45, 2.75) is 0 Å². The molecule has 4 aromatic rings. The number of nitro groups is 1. The van der Waals surface area contributed by atoms with Gasteiger partial charge in [0, 0.05) is 29.0 Å². The number of hydrogen-bond donors (Lipinski definition) is 1. The summed E-state index contributed by atoms with van der Waals surface area (Å²) in [4.78, 5) is 27.7. The maximum absolute atomic E-state index is 12.7. The van der Waals surface area contributed by atoms with E-state index < -0.39 is 10.8 Å². The number of carbonyl (C=O) groups excluding carboxylic acids is 1. The van der Waals surface area contributed by atoms with E-state index in [0.29, 0.717) is 17.1 Å². The van der Waals surface area contributed by atoms with Crippen LogP contribution in [0.5, 0.6) is 17.2 Å². The van der Waals surface area contributed by atoms with E-state index in [1.165, 1.54) is 49.7 Å². The first-order chi connectivity index (χ1) is 15.9. The Bertz CT molecular complexity index is 1310. The van der Waals surface area contributed by atoms with Crippen LogP contribution in [0.25, 0.3) is 5.82 Å². The molecule has 0 saturated heterocycles. The summed E-state index contributed by atoms with van der Waals surface area (Å²) >= 11 is 5.84. The van der Waals surface area contributed by atoms with Gasteiger partial charge in [-0.3, -0.25) is 14.9 Å². The minimum Gasteiger partial charge on any atom is -0.493 e. The van der Waals surface area contributed by atoms with Crippen LogP contribution in [0.2, 0.25) is 5.02 Å². The topological polar surface area (TPSA) is 121 Å². The second-order valence-electron chi connectivity index (χ2n) is 6.65. The van der Waals surface area contributed by atoms with Crippen molar-refractivity contribution in [3.8, 4) is 23.1 Å². The lowest BCUT2D eigenvalue weighted by atomic mass is 10.2. The van der Waals surface area contributed by atoms with Crippen LogP contribution in [-0.4, -0.2) is 32.7 Å². The molecule has 2 aromatic carbocycles. The van der Waals surface area contributed by atoms with Crippen molar-refractivity contribution in [2.75, 3.05) is 12.4 Å². The molecule has 0 radical (unpaired) electrons. The highest BCUT2D eigenvalue weighted by molar-refractivity contribution is 6.30. The van der Waals surface area contributed by atoms with Gasteiger partial charge in [-0.15, -0.1) is 0 Å². The van der Waals surface area contributed by atoms with Crippen LogP contribution in [0.3, 0.4) is 0 Å². The fraction of sp³-hybridized carbons (Fsp3) is 0.0455. The summed E-state index contributed by atoms with van der Waals surface area (Å²) in [5.41, 5.74) is 0.491. The molecule has 0 spiro atoms. The molecule has 0 aliphatic heterocycles. The minimum absolute atomic E-state index is 0.0109. The molecule has 2 heterocycles. The molecular weight excluding hydrogens is 450 g/mol. The molecule has 0 aliphatic carbocycles. The van der Waals surface area contributed by atoms with Crippen molar-refractivity contribution in [1.29, 1.82) is 0 Å². The summed E-state index contributed by atoms with van der Waals surface area (Å²) < 4.78 is 12.6. The highest BCUT2D eigenvalue weighted by Gasteiger charge is 2.19. The van der Waals surface area contributed by atoms with E-state index in [2.05, 4.69) is 15.4 Å². The zero-order valence-electron chi connectivity index (χ0n) is 17.1. The van der Waals surface area contributed by atoms with Crippen molar-refractivity contribution in [3.63, 3.8) is 0 Å². The van der Waals surface area contributed by atoms with E-state index in [1.807, 2.05) is 0 Å². The van der Waals surface area contributed by atoms with Crippen molar-refractivity contribution >= 4 is 28.9 Å². The van der Waals surface area contributed by atoms with Crippen molar-refractivity contribution < 1.29 is 19.2 Å². The number of benzene rings is 2. The maximum Gasteiger partial charge on any atom is 0.313 e. The third kappa shape index (κ3) is 4.91. The number of anilines is 1. The van der Waals surface area contributed by atoms with Crippen molar-refractivity contribution in [2.24, 2.45) is 0 Å². The Labute approximate surface area is 192 Å². The van der Waals surface area contributed by atoms with E-state index in [0.717, 1.165) is 0 Å². The van der Waals surface area contributed by atoms with Crippen molar-refractivity contribution in [3.05, 3.63) is 93.9 Å². The van der Waals surface area contributed by atoms with Crippen LogP contribution in [0, 0.1) is 10.1 Å². The molecule has 4 rings (SSSR count). The van der Waals surface area contributed by atoms with Gasteiger partial charge in [-0.25, -0.2) is 9.67 Å². The van der Waals surface area contributed by atoms with Gasteiger partial charge in [0.05, 0.1) is 23.9 Å². The number of rotatable bonds is 7. The van der Waals surface area contributed by atoms with Gasteiger partial charge in [-0.05, 0) is 48.5 Å². The van der Waals surface area contributed by atoms with E-state index in [4.69, 9.17) is 21.1 Å². The Morgan fingerprint density at radius 1 is 1.12 bits per heavy atom. The predicted molar refractivity (Wildman–Crippen MR) is 120 cm³/mol. The van der Waals surface area contributed by atoms with Crippen LogP contribution in [0.1, 0.15) is 10.4 Å². The van der Waals surface area contributed by atoms with Crippen LogP contribution < -0.4 is 14.8 Å². The van der Waals surface area contributed by atoms with Gasteiger partial charge >= 0.3 is 5.69 Å². The number of halogens is 1. The minimum atomic E-state index is -0.596. The summed E-state index contributed by atoms with van der Waals surface area (Å²) in [5, 5.41) is 18.4. The summed E-state index contributed by atoms with van der Waals surface area (Å²) in [6.45, 7) is 0. The molecule has 11 heteroatoms. The number of pyridine rings is 1. The number of methoxy groups -OCH3 is 1. The normalized spacial score (nSPS) is 10.5. The second-order valence-corrected chi connectivity index (χ2v) is 7.08. The number of hydrogen-bond acceptors (Lipinski definition) is 7. The Hall–Kier alpha value is -4.44. The third-order valence-corrected chi connectivity index (χ3v) is 4.74. The van der Waals surface area contributed by atoms with Crippen molar-refractivity contribution in [1.82, 2.24) is 14.8 Å². The number of aromatic nitrogens is 3. The molecule has 2 aromatic heterocycles. The Morgan fingerprint density at radius 2 is 1.94 bits per heavy atom. The van der Waals surface area contributed by atoms with Gasteiger partial charge in [0.1, 0.15) is 0 Å². The average Bonchev–Trinajstić information content (AvgIpc) is 3.35.